The maximum atomic E-state index is 11.3. The first-order chi connectivity index (χ1) is 7.61. The van der Waals surface area contributed by atoms with E-state index in [1.165, 1.54) is 0 Å². The van der Waals surface area contributed by atoms with Crippen LogP contribution in [0, 0.1) is 0 Å². The number of urea groups is 1. The Morgan fingerprint density at radius 1 is 1.25 bits per heavy atom. The highest BCUT2D eigenvalue weighted by molar-refractivity contribution is 9.09. The van der Waals surface area contributed by atoms with Crippen LogP contribution in [0.25, 0.3) is 0 Å². The molecule has 4 nitrogen and oxygen atoms in total. The Bertz CT molecular complexity index is 381. The topological polar surface area (TPSA) is 58.2 Å². The van der Waals surface area contributed by atoms with E-state index in [4.69, 9.17) is 11.6 Å². The minimum absolute atomic E-state index is 0.258. The van der Waals surface area contributed by atoms with Crippen molar-refractivity contribution < 1.29 is 9.59 Å². The quantitative estimate of drug-likeness (QED) is 0.844. The van der Waals surface area contributed by atoms with Crippen molar-refractivity contribution >= 4 is 45.2 Å². The number of alkyl halides is 1. The lowest BCUT2D eigenvalue weighted by molar-refractivity contribution is -0.119. The van der Waals surface area contributed by atoms with Crippen LogP contribution in [0.15, 0.2) is 24.3 Å². The summed E-state index contributed by atoms with van der Waals surface area (Å²) >= 11 is 8.79. The normalized spacial score (nSPS) is 9.62. The Hall–Kier alpha value is -1.07. The van der Waals surface area contributed by atoms with E-state index in [2.05, 4.69) is 26.6 Å². The van der Waals surface area contributed by atoms with Gasteiger partial charge >= 0.3 is 6.03 Å². The molecule has 0 aromatic heterocycles. The Morgan fingerprint density at radius 3 is 2.44 bits per heavy atom. The number of carbonyl (C=O) groups is 2. The molecule has 2 N–H and O–H groups in total. The first-order valence-corrected chi connectivity index (χ1v) is 6.04. The van der Waals surface area contributed by atoms with Crippen molar-refractivity contribution in [3.63, 3.8) is 0 Å². The monoisotopic (exact) mass is 304 g/mol. The lowest BCUT2D eigenvalue weighted by Gasteiger charge is -2.05. The van der Waals surface area contributed by atoms with Gasteiger partial charge in [0, 0.05) is 22.5 Å². The van der Waals surface area contributed by atoms with Crippen molar-refractivity contribution in [3.8, 4) is 0 Å². The molecule has 0 aliphatic rings. The Morgan fingerprint density at radius 2 is 1.88 bits per heavy atom. The van der Waals surface area contributed by atoms with E-state index in [0.29, 0.717) is 16.0 Å². The van der Waals surface area contributed by atoms with E-state index >= 15 is 0 Å². The molecule has 0 spiro atoms. The third-order valence-corrected chi connectivity index (χ3v) is 2.33. The minimum Gasteiger partial charge on any atom is -0.308 e. The van der Waals surface area contributed by atoms with Crippen molar-refractivity contribution in [2.45, 2.75) is 6.42 Å². The number of anilines is 1. The maximum absolute atomic E-state index is 11.3. The van der Waals surface area contributed by atoms with E-state index < -0.39 is 6.03 Å². The largest absolute Gasteiger partial charge is 0.325 e. The van der Waals surface area contributed by atoms with Gasteiger partial charge in [-0.05, 0) is 24.3 Å². The van der Waals surface area contributed by atoms with Crippen LogP contribution in [0.4, 0.5) is 10.5 Å². The average molecular weight is 306 g/mol. The molecule has 0 aliphatic carbocycles. The molecule has 0 bridgehead atoms. The summed E-state index contributed by atoms with van der Waals surface area (Å²) in [6.07, 6.45) is 0.258. The van der Waals surface area contributed by atoms with Crippen LogP contribution in [0.2, 0.25) is 5.02 Å². The molecule has 16 heavy (non-hydrogen) atoms. The smallest absolute Gasteiger partial charge is 0.308 e. The van der Waals surface area contributed by atoms with Crippen LogP contribution in [0.3, 0.4) is 0 Å². The van der Waals surface area contributed by atoms with Gasteiger partial charge < -0.3 is 5.32 Å². The van der Waals surface area contributed by atoms with E-state index in [0.717, 1.165) is 0 Å². The fourth-order valence-electron chi connectivity index (χ4n) is 0.971. The highest BCUT2D eigenvalue weighted by Crippen LogP contribution is 2.12. The van der Waals surface area contributed by atoms with Gasteiger partial charge in [0.2, 0.25) is 5.91 Å². The zero-order chi connectivity index (χ0) is 12.0. The van der Waals surface area contributed by atoms with Gasteiger partial charge in [-0.3, -0.25) is 10.1 Å². The predicted octanol–water partition coefficient (Wildman–Crippen LogP) is 2.77. The molecule has 0 fully saturated rings. The number of rotatable bonds is 3. The molecule has 1 aromatic rings. The number of benzene rings is 1. The first kappa shape index (κ1) is 13.0. The second kappa shape index (κ2) is 6.50. The van der Waals surface area contributed by atoms with Crippen molar-refractivity contribution in [1.29, 1.82) is 0 Å². The van der Waals surface area contributed by atoms with Crippen LogP contribution in [-0.2, 0) is 4.79 Å². The van der Waals surface area contributed by atoms with Crippen LogP contribution in [-0.4, -0.2) is 17.3 Å². The summed E-state index contributed by atoms with van der Waals surface area (Å²) in [5.41, 5.74) is 0.577. The summed E-state index contributed by atoms with van der Waals surface area (Å²) in [6.45, 7) is 0. The van der Waals surface area contributed by atoms with Crippen molar-refractivity contribution in [2.24, 2.45) is 0 Å². The third-order valence-electron chi connectivity index (χ3n) is 1.68. The number of nitrogens with one attached hydrogen (secondary N) is 2. The Kier molecular flexibility index (Phi) is 5.28. The molecular weight excluding hydrogens is 295 g/mol. The molecule has 0 aliphatic heterocycles. The summed E-state index contributed by atoms with van der Waals surface area (Å²) in [5, 5.41) is 5.81. The number of amides is 3. The summed E-state index contributed by atoms with van der Waals surface area (Å²) in [5.74, 6) is -0.330. The van der Waals surface area contributed by atoms with E-state index in [-0.39, 0.29) is 12.3 Å². The molecule has 0 saturated heterocycles. The van der Waals surface area contributed by atoms with E-state index in [1.807, 2.05) is 0 Å². The molecular formula is C10H10BrClN2O2. The number of imide groups is 1. The van der Waals surface area contributed by atoms with E-state index in [9.17, 15) is 9.59 Å². The fourth-order valence-corrected chi connectivity index (χ4v) is 1.46. The van der Waals surface area contributed by atoms with Crippen molar-refractivity contribution in [2.75, 3.05) is 10.6 Å². The first-order valence-electron chi connectivity index (χ1n) is 4.54. The van der Waals surface area contributed by atoms with Gasteiger partial charge in [0.25, 0.3) is 0 Å². The van der Waals surface area contributed by atoms with Gasteiger partial charge in [-0.2, -0.15) is 0 Å². The Balaban J connectivity index is 2.45. The SMILES string of the molecule is O=C(CCBr)NC(=O)Nc1ccc(Cl)cc1. The van der Waals surface area contributed by atoms with Crippen molar-refractivity contribution in [3.05, 3.63) is 29.3 Å². The summed E-state index contributed by atoms with van der Waals surface area (Å²) in [4.78, 5) is 22.4. The van der Waals surface area contributed by atoms with Crippen LogP contribution in [0.1, 0.15) is 6.42 Å². The number of hydrogen-bond acceptors (Lipinski definition) is 2. The van der Waals surface area contributed by atoms with Gasteiger partial charge in [0.05, 0.1) is 0 Å². The fraction of sp³-hybridized carbons (Fsp3) is 0.200. The predicted molar refractivity (Wildman–Crippen MR) is 67.0 cm³/mol. The molecule has 0 saturated carbocycles. The van der Waals surface area contributed by atoms with Crippen LogP contribution in [0.5, 0.6) is 0 Å². The molecule has 86 valence electrons. The van der Waals surface area contributed by atoms with Gasteiger partial charge in [0.1, 0.15) is 0 Å². The average Bonchev–Trinajstić information content (AvgIpc) is 2.21. The van der Waals surface area contributed by atoms with Crippen LogP contribution < -0.4 is 10.6 Å². The zero-order valence-electron chi connectivity index (χ0n) is 8.30. The zero-order valence-corrected chi connectivity index (χ0v) is 10.6. The minimum atomic E-state index is -0.548. The second-order valence-electron chi connectivity index (χ2n) is 2.95. The van der Waals surface area contributed by atoms with Gasteiger partial charge in [-0.25, -0.2) is 4.79 Å². The van der Waals surface area contributed by atoms with Crippen LogP contribution >= 0.6 is 27.5 Å². The summed E-state index contributed by atoms with van der Waals surface area (Å²) in [6, 6.07) is 6.05. The molecule has 1 aromatic carbocycles. The summed E-state index contributed by atoms with van der Waals surface area (Å²) < 4.78 is 0. The molecule has 1 rings (SSSR count). The maximum Gasteiger partial charge on any atom is 0.325 e. The molecule has 0 unspecified atom stereocenters. The highest BCUT2D eigenvalue weighted by atomic mass is 79.9. The van der Waals surface area contributed by atoms with E-state index in [1.54, 1.807) is 24.3 Å². The Labute approximate surface area is 106 Å². The third kappa shape index (κ3) is 4.63. The summed E-state index contributed by atoms with van der Waals surface area (Å²) in [7, 11) is 0. The number of hydrogen-bond donors (Lipinski definition) is 2. The molecule has 6 heteroatoms. The molecule has 0 heterocycles. The molecule has 3 amide bonds. The lowest BCUT2D eigenvalue weighted by Crippen LogP contribution is -2.34. The van der Waals surface area contributed by atoms with Gasteiger partial charge in [0.15, 0.2) is 0 Å². The molecule has 0 radical (unpaired) electrons. The lowest BCUT2D eigenvalue weighted by atomic mass is 10.3. The number of carbonyl (C=O) groups excluding carboxylic acids is 2. The second-order valence-corrected chi connectivity index (χ2v) is 4.18. The molecule has 0 atom stereocenters. The number of halogens is 2. The standard InChI is InChI=1S/C10H10BrClN2O2/c11-6-5-9(15)14-10(16)13-8-3-1-7(12)2-4-8/h1-4H,5-6H2,(H2,13,14,15,16). The van der Waals surface area contributed by atoms with Crippen molar-refractivity contribution in [1.82, 2.24) is 5.32 Å². The van der Waals surface area contributed by atoms with Gasteiger partial charge in [-0.1, -0.05) is 27.5 Å². The highest BCUT2D eigenvalue weighted by Gasteiger charge is 2.06. The van der Waals surface area contributed by atoms with Gasteiger partial charge in [-0.15, -0.1) is 0 Å².